The van der Waals surface area contributed by atoms with Crippen LogP contribution in [-0.4, -0.2) is 57.3 Å². The van der Waals surface area contributed by atoms with Crippen LogP contribution < -0.4 is 10.1 Å². The number of amides is 1. The fourth-order valence-electron chi connectivity index (χ4n) is 4.67. The van der Waals surface area contributed by atoms with E-state index in [0.29, 0.717) is 60.3 Å². The second kappa shape index (κ2) is 13.9. The molecule has 0 fully saturated rings. The van der Waals surface area contributed by atoms with E-state index in [1.165, 1.54) is 0 Å². The van der Waals surface area contributed by atoms with Crippen LogP contribution in [0.2, 0.25) is 5.02 Å². The quantitative estimate of drug-likeness (QED) is 0.159. The van der Waals surface area contributed by atoms with Crippen LogP contribution in [0.1, 0.15) is 34.5 Å². The fraction of sp³-hybridized carbons (Fsp3) is 0.250. The molecule has 1 amide bonds. The molecule has 0 saturated carbocycles. The van der Waals surface area contributed by atoms with Crippen molar-refractivity contribution >= 4 is 29.0 Å². The number of aromatic nitrogens is 4. The number of halogens is 2. The summed E-state index contributed by atoms with van der Waals surface area (Å²) in [4.78, 5) is 24.5. The number of unbranched alkanes of at least 4 members (excludes halogenated alkanes) is 1. The van der Waals surface area contributed by atoms with Crippen molar-refractivity contribution in [2.75, 3.05) is 32.2 Å². The highest BCUT2D eigenvalue weighted by molar-refractivity contribution is 6.30. The highest BCUT2D eigenvalue weighted by atomic mass is 35.5. The lowest BCUT2D eigenvalue weighted by Gasteiger charge is -2.23. The Morgan fingerprint density at radius 3 is 2.60 bits per heavy atom. The Labute approximate surface area is 249 Å². The Bertz CT molecular complexity index is 1620. The monoisotopic (exact) mass is 586 g/mol. The molecule has 0 unspecified atom stereocenters. The highest BCUT2D eigenvalue weighted by Gasteiger charge is 2.18. The molecule has 42 heavy (non-hydrogen) atoms. The molecule has 0 saturated heterocycles. The van der Waals surface area contributed by atoms with Gasteiger partial charge in [-0.1, -0.05) is 35.9 Å². The predicted molar refractivity (Wildman–Crippen MR) is 163 cm³/mol. The van der Waals surface area contributed by atoms with Gasteiger partial charge in [-0.05, 0) is 66.9 Å². The zero-order valence-corrected chi connectivity index (χ0v) is 24.1. The van der Waals surface area contributed by atoms with Gasteiger partial charge in [0, 0.05) is 48.4 Å². The topological polar surface area (TPSA) is 84.6 Å². The minimum atomic E-state index is -0.323. The summed E-state index contributed by atoms with van der Waals surface area (Å²) in [6.45, 7) is 1.19. The van der Waals surface area contributed by atoms with Gasteiger partial charge in [0.15, 0.2) is 5.65 Å². The number of ether oxygens (including phenoxy) is 1. The molecular weight excluding hydrogens is 555 g/mol. The maximum atomic E-state index is 13.8. The summed E-state index contributed by atoms with van der Waals surface area (Å²) in [5.74, 6) is 1.29. The molecule has 1 N–H and O–H groups in total. The van der Waals surface area contributed by atoms with Crippen LogP contribution in [0.4, 0.5) is 10.2 Å². The first-order valence-corrected chi connectivity index (χ1v) is 14.2. The molecule has 0 spiro atoms. The van der Waals surface area contributed by atoms with Crippen molar-refractivity contribution in [3.63, 3.8) is 0 Å². The van der Waals surface area contributed by atoms with Crippen molar-refractivity contribution in [3.8, 4) is 17.0 Å². The zero-order valence-electron chi connectivity index (χ0n) is 23.3. The van der Waals surface area contributed by atoms with Crippen LogP contribution in [-0.2, 0) is 13.0 Å². The van der Waals surface area contributed by atoms with Gasteiger partial charge in [0.2, 0.25) is 0 Å². The van der Waals surface area contributed by atoms with Gasteiger partial charge in [-0.2, -0.15) is 0 Å². The van der Waals surface area contributed by atoms with Crippen LogP contribution in [0.5, 0.6) is 5.75 Å². The SMILES string of the molecule is COc1cccnc1CCN(Cc1ccc(Cl)cc1)C(=O)c1ccc(-c2cnc3ccc(NCCCCF)nn23)cc1. The number of benzene rings is 2. The average molecular weight is 587 g/mol. The van der Waals surface area contributed by atoms with Crippen molar-refractivity contribution in [2.24, 2.45) is 0 Å². The van der Waals surface area contributed by atoms with Crippen LogP contribution in [0.25, 0.3) is 16.9 Å². The molecule has 0 aliphatic carbocycles. The van der Waals surface area contributed by atoms with E-state index in [1.807, 2.05) is 77.7 Å². The molecule has 5 aromatic rings. The van der Waals surface area contributed by atoms with Crippen molar-refractivity contribution in [1.29, 1.82) is 0 Å². The van der Waals surface area contributed by atoms with E-state index < -0.39 is 0 Å². The third-order valence-corrected chi connectivity index (χ3v) is 7.17. The first kappa shape index (κ1) is 29.0. The Morgan fingerprint density at radius 2 is 1.83 bits per heavy atom. The minimum absolute atomic E-state index is 0.0950. The summed E-state index contributed by atoms with van der Waals surface area (Å²) in [6.07, 6.45) is 5.28. The normalized spacial score (nSPS) is 11.0. The number of methoxy groups -OCH3 is 1. The van der Waals surface area contributed by atoms with Gasteiger partial charge < -0.3 is 15.0 Å². The van der Waals surface area contributed by atoms with Gasteiger partial charge in [-0.25, -0.2) is 9.50 Å². The van der Waals surface area contributed by atoms with E-state index in [2.05, 4.69) is 20.4 Å². The lowest BCUT2D eigenvalue weighted by molar-refractivity contribution is 0.0744. The number of imidazole rings is 1. The highest BCUT2D eigenvalue weighted by Crippen LogP contribution is 2.23. The summed E-state index contributed by atoms with van der Waals surface area (Å²) in [5, 5.41) is 8.54. The molecule has 0 aliphatic rings. The van der Waals surface area contributed by atoms with Crippen molar-refractivity contribution in [1.82, 2.24) is 24.5 Å². The molecule has 3 aromatic heterocycles. The number of carbonyl (C=O) groups is 1. The Hall–Kier alpha value is -4.50. The van der Waals surface area contributed by atoms with Gasteiger partial charge >= 0.3 is 0 Å². The smallest absolute Gasteiger partial charge is 0.254 e. The Kier molecular flexibility index (Phi) is 9.61. The van der Waals surface area contributed by atoms with Crippen molar-refractivity contribution < 1.29 is 13.9 Å². The first-order chi connectivity index (χ1) is 20.6. The molecule has 0 atom stereocenters. The number of fused-ring (bicyclic) bond motifs is 1. The number of hydrogen-bond acceptors (Lipinski definition) is 6. The van der Waals surface area contributed by atoms with Crippen LogP contribution in [0, 0.1) is 0 Å². The summed E-state index contributed by atoms with van der Waals surface area (Å²) >= 11 is 6.09. The molecule has 5 rings (SSSR count). The Balaban J connectivity index is 1.35. The average Bonchev–Trinajstić information content (AvgIpc) is 3.45. The van der Waals surface area contributed by atoms with Gasteiger partial charge in [-0.15, -0.1) is 5.10 Å². The first-order valence-electron chi connectivity index (χ1n) is 13.8. The van der Waals surface area contributed by atoms with Crippen LogP contribution in [0.3, 0.4) is 0 Å². The molecule has 3 heterocycles. The van der Waals surface area contributed by atoms with Gasteiger partial charge in [0.05, 0.1) is 31.4 Å². The third-order valence-electron chi connectivity index (χ3n) is 6.92. The number of alkyl halides is 1. The number of nitrogens with zero attached hydrogens (tertiary/aromatic N) is 5. The number of rotatable bonds is 13. The third kappa shape index (κ3) is 7.03. The maximum absolute atomic E-state index is 13.8. The number of hydrogen-bond donors (Lipinski definition) is 1. The summed E-state index contributed by atoms with van der Waals surface area (Å²) < 4.78 is 19.6. The van der Waals surface area contributed by atoms with E-state index in [-0.39, 0.29) is 12.6 Å². The lowest BCUT2D eigenvalue weighted by Crippen LogP contribution is -2.32. The maximum Gasteiger partial charge on any atom is 0.254 e. The van der Waals surface area contributed by atoms with Gasteiger partial charge in [0.25, 0.3) is 5.91 Å². The van der Waals surface area contributed by atoms with E-state index in [9.17, 15) is 9.18 Å². The largest absolute Gasteiger partial charge is 0.495 e. The molecule has 8 nitrogen and oxygen atoms in total. The van der Waals surface area contributed by atoms with Crippen molar-refractivity contribution in [3.05, 3.63) is 107 Å². The van der Waals surface area contributed by atoms with E-state index >= 15 is 0 Å². The molecule has 2 aromatic carbocycles. The van der Waals surface area contributed by atoms with E-state index in [0.717, 1.165) is 28.9 Å². The van der Waals surface area contributed by atoms with E-state index in [1.54, 1.807) is 24.0 Å². The Morgan fingerprint density at radius 1 is 1.02 bits per heavy atom. The number of carbonyl (C=O) groups excluding carboxylic acids is 1. The van der Waals surface area contributed by atoms with Crippen molar-refractivity contribution in [2.45, 2.75) is 25.8 Å². The molecule has 216 valence electrons. The molecule has 0 radical (unpaired) electrons. The van der Waals surface area contributed by atoms with Gasteiger partial charge in [0.1, 0.15) is 11.6 Å². The summed E-state index contributed by atoms with van der Waals surface area (Å²) in [7, 11) is 1.62. The number of nitrogens with one attached hydrogen (secondary N) is 1. The summed E-state index contributed by atoms with van der Waals surface area (Å²) in [6, 6.07) is 22.4. The molecular formula is C32H32ClFN6O2. The standard InChI is InChI=1S/C32H32ClFN6O2/c1-42-29-5-4-19-35-27(29)16-20-39(22-23-6-12-26(33)13-7-23)32(41)25-10-8-24(9-11-25)28-21-37-31-15-14-30(38-40(28)31)36-18-3-2-17-34/h4-15,19,21H,2-3,16-18,20,22H2,1H3,(H,36,38). The molecule has 10 heteroatoms. The van der Waals surface area contributed by atoms with Gasteiger partial charge in [-0.3, -0.25) is 14.2 Å². The second-order valence-corrected chi connectivity index (χ2v) is 10.2. The van der Waals surface area contributed by atoms with Crippen LogP contribution in [0.15, 0.2) is 85.2 Å². The minimum Gasteiger partial charge on any atom is -0.495 e. The molecule has 0 aliphatic heterocycles. The van der Waals surface area contributed by atoms with Crippen LogP contribution >= 0.6 is 11.6 Å². The number of anilines is 1. The second-order valence-electron chi connectivity index (χ2n) is 9.79. The fourth-order valence-corrected chi connectivity index (χ4v) is 4.79. The molecule has 0 bridgehead atoms. The van der Waals surface area contributed by atoms with E-state index in [4.69, 9.17) is 16.3 Å². The summed E-state index contributed by atoms with van der Waals surface area (Å²) in [5.41, 5.74) is 4.72. The lowest BCUT2D eigenvalue weighted by atomic mass is 10.1. The zero-order chi connectivity index (χ0) is 29.3. The predicted octanol–water partition coefficient (Wildman–Crippen LogP) is 6.50. The number of pyridine rings is 1.